The molecule has 0 fully saturated rings. The van der Waals surface area contributed by atoms with E-state index in [0.717, 1.165) is 24.5 Å². The monoisotopic (exact) mass is 257 g/mol. The first-order valence-electron chi connectivity index (χ1n) is 4.80. The second-order valence-corrected chi connectivity index (χ2v) is 5.70. The first-order valence-corrected chi connectivity index (χ1v) is 6.94. The maximum absolute atomic E-state index is 5.84. The van der Waals surface area contributed by atoms with Crippen LogP contribution in [0.4, 0.5) is 0 Å². The maximum atomic E-state index is 5.84. The smallest absolute Gasteiger partial charge is 0.0516 e. The van der Waals surface area contributed by atoms with E-state index < -0.39 is 0 Å². The Kier molecular flexibility index (Phi) is 4.20. The van der Waals surface area contributed by atoms with Gasteiger partial charge in [-0.15, -0.1) is 22.7 Å². The lowest BCUT2D eigenvalue weighted by atomic mass is 10.3. The van der Waals surface area contributed by atoms with Crippen molar-refractivity contribution in [2.75, 3.05) is 6.54 Å². The molecule has 0 bridgehead atoms. The largest absolute Gasteiger partial charge is 0.311 e. The average Bonchev–Trinajstić information content (AvgIpc) is 2.84. The summed E-state index contributed by atoms with van der Waals surface area (Å²) in [6.45, 7) is 1.94. The summed E-state index contributed by atoms with van der Waals surface area (Å²) >= 11 is 9.36. The summed E-state index contributed by atoms with van der Waals surface area (Å²) in [7, 11) is 0. The summed E-state index contributed by atoms with van der Waals surface area (Å²) in [4.78, 5) is 2.73. The minimum Gasteiger partial charge on any atom is -0.311 e. The Balaban J connectivity index is 1.67. The van der Waals surface area contributed by atoms with Crippen molar-refractivity contribution in [2.24, 2.45) is 0 Å². The molecule has 2 heterocycles. The van der Waals surface area contributed by atoms with Crippen LogP contribution in [0.25, 0.3) is 0 Å². The van der Waals surface area contributed by atoms with Gasteiger partial charge in [-0.1, -0.05) is 17.7 Å². The second kappa shape index (κ2) is 5.66. The van der Waals surface area contributed by atoms with Crippen molar-refractivity contribution >= 4 is 34.3 Å². The van der Waals surface area contributed by atoms with Crippen LogP contribution in [0.5, 0.6) is 0 Å². The second-order valence-electron chi connectivity index (χ2n) is 3.24. The normalized spacial score (nSPS) is 10.7. The van der Waals surface area contributed by atoms with Gasteiger partial charge in [0.25, 0.3) is 0 Å². The Morgan fingerprint density at radius 3 is 2.87 bits per heavy atom. The zero-order valence-corrected chi connectivity index (χ0v) is 10.6. The third-order valence-electron chi connectivity index (χ3n) is 2.05. The highest BCUT2D eigenvalue weighted by Gasteiger charge is 1.97. The lowest BCUT2D eigenvalue weighted by molar-refractivity contribution is 0.697. The van der Waals surface area contributed by atoms with Crippen LogP contribution in [0, 0.1) is 0 Å². The standard InChI is InChI=1S/C11H12ClNS2/c12-9-6-11(15-8-9)7-13-4-3-10-2-1-5-14-10/h1-2,5-6,8,13H,3-4,7H2. The molecule has 2 aromatic heterocycles. The minimum absolute atomic E-state index is 0.843. The summed E-state index contributed by atoms with van der Waals surface area (Å²) in [6, 6.07) is 6.29. The number of hydrogen-bond donors (Lipinski definition) is 1. The minimum atomic E-state index is 0.843. The molecule has 15 heavy (non-hydrogen) atoms. The predicted molar refractivity (Wildman–Crippen MR) is 69.1 cm³/mol. The summed E-state index contributed by atoms with van der Waals surface area (Å²) in [5.74, 6) is 0. The van der Waals surface area contributed by atoms with Gasteiger partial charge in [0.2, 0.25) is 0 Å². The number of halogens is 1. The van der Waals surface area contributed by atoms with Crippen LogP contribution in [-0.2, 0) is 13.0 Å². The van der Waals surface area contributed by atoms with Crippen molar-refractivity contribution in [3.63, 3.8) is 0 Å². The molecule has 0 atom stereocenters. The number of nitrogens with one attached hydrogen (secondary N) is 1. The summed E-state index contributed by atoms with van der Waals surface area (Å²) in [5, 5.41) is 8.34. The third kappa shape index (κ3) is 3.61. The van der Waals surface area contributed by atoms with E-state index in [4.69, 9.17) is 11.6 Å². The Labute approximate surface area is 103 Å². The Morgan fingerprint density at radius 1 is 1.27 bits per heavy atom. The van der Waals surface area contributed by atoms with Gasteiger partial charge in [0.1, 0.15) is 0 Å². The Bertz CT molecular complexity index is 394. The van der Waals surface area contributed by atoms with Gasteiger partial charge in [0.15, 0.2) is 0 Å². The molecule has 2 aromatic rings. The molecule has 0 aromatic carbocycles. The zero-order valence-electron chi connectivity index (χ0n) is 8.20. The fraction of sp³-hybridized carbons (Fsp3) is 0.273. The van der Waals surface area contributed by atoms with Crippen molar-refractivity contribution < 1.29 is 0 Å². The first kappa shape index (κ1) is 11.1. The van der Waals surface area contributed by atoms with Gasteiger partial charge in [-0.3, -0.25) is 0 Å². The molecule has 0 saturated carbocycles. The third-order valence-corrected chi connectivity index (χ3v) is 4.27. The summed E-state index contributed by atoms with van der Waals surface area (Å²) in [6.07, 6.45) is 1.11. The number of hydrogen-bond acceptors (Lipinski definition) is 3. The van der Waals surface area contributed by atoms with E-state index in [1.165, 1.54) is 9.75 Å². The molecular weight excluding hydrogens is 246 g/mol. The van der Waals surface area contributed by atoms with Gasteiger partial charge in [-0.05, 0) is 23.9 Å². The van der Waals surface area contributed by atoms with Crippen LogP contribution in [0.2, 0.25) is 5.02 Å². The zero-order chi connectivity index (χ0) is 10.5. The molecule has 2 rings (SSSR count). The van der Waals surface area contributed by atoms with Gasteiger partial charge < -0.3 is 5.32 Å². The Hall–Kier alpha value is -0.350. The van der Waals surface area contributed by atoms with Gasteiger partial charge in [0, 0.05) is 28.2 Å². The van der Waals surface area contributed by atoms with Gasteiger partial charge in [-0.2, -0.15) is 0 Å². The van der Waals surface area contributed by atoms with Crippen molar-refractivity contribution in [3.05, 3.63) is 43.7 Å². The molecule has 1 N–H and O–H groups in total. The Morgan fingerprint density at radius 2 is 2.20 bits per heavy atom. The van der Waals surface area contributed by atoms with E-state index in [-0.39, 0.29) is 0 Å². The van der Waals surface area contributed by atoms with Crippen LogP contribution in [0.1, 0.15) is 9.75 Å². The van der Waals surface area contributed by atoms with E-state index in [1.54, 1.807) is 11.3 Å². The topological polar surface area (TPSA) is 12.0 Å². The maximum Gasteiger partial charge on any atom is 0.0516 e. The van der Waals surface area contributed by atoms with E-state index >= 15 is 0 Å². The molecule has 0 saturated heterocycles. The molecule has 0 aliphatic heterocycles. The lowest BCUT2D eigenvalue weighted by Crippen LogP contribution is -2.15. The van der Waals surface area contributed by atoms with Crippen LogP contribution >= 0.6 is 34.3 Å². The van der Waals surface area contributed by atoms with Crippen molar-refractivity contribution in [3.8, 4) is 0 Å². The average molecular weight is 258 g/mol. The van der Waals surface area contributed by atoms with Crippen LogP contribution in [-0.4, -0.2) is 6.54 Å². The fourth-order valence-electron chi connectivity index (χ4n) is 1.32. The summed E-state index contributed by atoms with van der Waals surface area (Å²) in [5.41, 5.74) is 0. The molecular formula is C11H12ClNS2. The SMILES string of the molecule is Clc1csc(CNCCc2cccs2)c1. The molecule has 0 spiro atoms. The molecule has 4 heteroatoms. The highest BCUT2D eigenvalue weighted by Crippen LogP contribution is 2.18. The molecule has 0 unspecified atom stereocenters. The van der Waals surface area contributed by atoms with Gasteiger partial charge in [0.05, 0.1) is 5.02 Å². The highest BCUT2D eigenvalue weighted by molar-refractivity contribution is 7.10. The van der Waals surface area contributed by atoms with E-state index in [2.05, 4.69) is 22.8 Å². The fourth-order valence-corrected chi connectivity index (χ4v) is 3.08. The van der Waals surface area contributed by atoms with E-state index in [0.29, 0.717) is 0 Å². The van der Waals surface area contributed by atoms with E-state index in [9.17, 15) is 0 Å². The molecule has 0 aliphatic rings. The molecule has 1 nitrogen and oxygen atoms in total. The van der Waals surface area contributed by atoms with Crippen molar-refractivity contribution in [1.82, 2.24) is 5.32 Å². The van der Waals surface area contributed by atoms with Crippen molar-refractivity contribution in [2.45, 2.75) is 13.0 Å². The lowest BCUT2D eigenvalue weighted by Gasteiger charge is -2.00. The van der Waals surface area contributed by atoms with Crippen LogP contribution < -0.4 is 5.32 Å². The quantitative estimate of drug-likeness (QED) is 0.804. The van der Waals surface area contributed by atoms with Gasteiger partial charge >= 0.3 is 0 Å². The summed E-state index contributed by atoms with van der Waals surface area (Å²) < 4.78 is 0. The highest BCUT2D eigenvalue weighted by atomic mass is 35.5. The molecule has 0 amide bonds. The van der Waals surface area contributed by atoms with E-state index in [1.807, 2.05) is 22.8 Å². The van der Waals surface area contributed by atoms with Crippen LogP contribution in [0.3, 0.4) is 0 Å². The first-order chi connectivity index (χ1) is 7.34. The number of rotatable bonds is 5. The molecule has 0 aliphatic carbocycles. The predicted octanol–water partition coefficient (Wildman–Crippen LogP) is 3.80. The van der Waals surface area contributed by atoms with Gasteiger partial charge in [-0.25, -0.2) is 0 Å². The van der Waals surface area contributed by atoms with Crippen molar-refractivity contribution in [1.29, 1.82) is 0 Å². The molecule has 0 radical (unpaired) electrons. The molecule has 80 valence electrons. The number of thiophene rings is 2. The van der Waals surface area contributed by atoms with Crippen LogP contribution in [0.15, 0.2) is 29.0 Å².